The Hall–Kier alpha value is -4.06. The first kappa shape index (κ1) is 17.4. The molecule has 0 spiro atoms. The molecule has 1 heterocycles. The monoisotopic (exact) mass is 369 g/mol. The fourth-order valence-electron chi connectivity index (χ4n) is 2.85. The molecule has 28 heavy (non-hydrogen) atoms. The fraction of sp³-hybridized carbons (Fsp3) is 0. The van der Waals surface area contributed by atoms with E-state index in [4.69, 9.17) is 16.2 Å². The van der Waals surface area contributed by atoms with Gasteiger partial charge in [0.05, 0.1) is 5.56 Å². The highest BCUT2D eigenvalue weighted by atomic mass is 16.5. The van der Waals surface area contributed by atoms with Crippen LogP contribution in [0, 0.1) is 0 Å². The van der Waals surface area contributed by atoms with Gasteiger partial charge in [-0.2, -0.15) is 0 Å². The zero-order valence-electron chi connectivity index (χ0n) is 15.0. The van der Waals surface area contributed by atoms with Crippen LogP contribution < -0.4 is 21.5 Å². The molecule has 6 heteroatoms. The zero-order valence-corrected chi connectivity index (χ0v) is 15.0. The first-order valence-corrected chi connectivity index (χ1v) is 8.75. The van der Waals surface area contributed by atoms with E-state index in [0.717, 1.165) is 28.3 Å². The summed E-state index contributed by atoms with van der Waals surface area (Å²) in [5.74, 6) is 2.51. The third kappa shape index (κ3) is 3.86. The van der Waals surface area contributed by atoms with Gasteiger partial charge in [-0.25, -0.2) is 9.97 Å². The van der Waals surface area contributed by atoms with E-state index in [-0.39, 0.29) is 0 Å². The number of nitrogens with one attached hydrogen (secondary N) is 1. The van der Waals surface area contributed by atoms with Gasteiger partial charge in [-0.15, -0.1) is 0 Å². The zero-order chi connectivity index (χ0) is 19.3. The van der Waals surface area contributed by atoms with Gasteiger partial charge < -0.3 is 21.5 Å². The summed E-state index contributed by atoms with van der Waals surface area (Å²) in [5.41, 5.74) is 15.1. The lowest BCUT2D eigenvalue weighted by atomic mass is 10.1. The summed E-state index contributed by atoms with van der Waals surface area (Å²) in [6.07, 6.45) is 1.43. The maximum Gasteiger partial charge on any atom is 0.143 e. The van der Waals surface area contributed by atoms with Gasteiger partial charge in [0.2, 0.25) is 0 Å². The molecule has 0 aliphatic heterocycles. The Morgan fingerprint density at radius 2 is 1.50 bits per heavy atom. The Balaban J connectivity index is 1.63. The van der Waals surface area contributed by atoms with Crippen LogP contribution in [-0.2, 0) is 0 Å². The van der Waals surface area contributed by atoms with Crippen molar-refractivity contribution in [2.24, 2.45) is 0 Å². The number of anilines is 4. The van der Waals surface area contributed by atoms with E-state index in [2.05, 4.69) is 15.3 Å². The molecule has 0 atom stereocenters. The third-order valence-electron chi connectivity index (χ3n) is 4.15. The van der Waals surface area contributed by atoms with Crippen LogP contribution in [0.25, 0.3) is 11.1 Å². The van der Waals surface area contributed by atoms with E-state index in [9.17, 15) is 0 Å². The van der Waals surface area contributed by atoms with E-state index in [1.807, 2.05) is 78.9 Å². The predicted molar refractivity (Wildman–Crippen MR) is 113 cm³/mol. The summed E-state index contributed by atoms with van der Waals surface area (Å²) in [6.45, 7) is 0. The van der Waals surface area contributed by atoms with Crippen molar-refractivity contribution in [1.82, 2.24) is 9.97 Å². The van der Waals surface area contributed by atoms with E-state index in [1.165, 1.54) is 6.33 Å². The number of rotatable bonds is 5. The quantitative estimate of drug-likeness (QED) is 0.435. The highest BCUT2D eigenvalue weighted by Crippen LogP contribution is 2.34. The topological polar surface area (TPSA) is 99.1 Å². The molecule has 3 aromatic carbocycles. The average Bonchev–Trinajstić information content (AvgIpc) is 2.70. The first-order valence-electron chi connectivity index (χ1n) is 8.75. The highest BCUT2D eigenvalue weighted by molar-refractivity contribution is 5.85. The Morgan fingerprint density at radius 1 is 0.750 bits per heavy atom. The molecular weight excluding hydrogens is 350 g/mol. The van der Waals surface area contributed by atoms with Crippen molar-refractivity contribution in [3.8, 4) is 22.6 Å². The maximum absolute atomic E-state index is 6.15. The van der Waals surface area contributed by atoms with Crippen molar-refractivity contribution in [3.63, 3.8) is 0 Å². The van der Waals surface area contributed by atoms with Crippen molar-refractivity contribution in [3.05, 3.63) is 85.2 Å². The molecular formula is C22H19N5O. The van der Waals surface area contributed by atoms with E-state index in [0.29, 0.717) is 17.3 Å². The summed E-state index contributed by atoms with van der Waals surface area (Å²) in [5, 5.41) is 3.26. The second-order valence-electron chi connectivity index (χ2n) is 6.17. The standard InChI is InChI=1S/C22H19N5O/c23-16-5-4-6-17(13-16)27-22-20(21(24)25-14-26-22)15-9-11-19(12-10-15)28-18-7-2-1-3-8-18/h1-14H,23H2,(H3,24,25,26,27). The highest BCUT2D eigenvalue weighted by Gasteiger charge is 2.12. The van der Waals surface area contributed by atoms with Gasteiger partial charge in [-0.05, 0) is 48.0 Å². The molecule has 0 unspecified atom stereocenters. The molecule has 138 valence electrons. The molecule has 0 radical (unpaired) electrons. The summed E-state index contributed by atoms with van der Waals surface area (Å²) >= 11 is 0. The van der Waals surface area contributed by atoms with Gasteiger partial charge in [0.25, 0.3) is 0 Å². The SMILES string of the molecule is Nc1cccc(Nc2ncnc(N)c2-c2ccc(Oc3ccccc3)cc2)c1. The Labute approximate surface area is 162 Å². The normalized spacial score (nSPS) is 10.4. The van der Waals surface area contributed by atoms with Crippen LogP contribution in [0.5, 0.6) is 11.5 Å². The fourth-order valence-corrected chi connectivity index (χ4v) is 2.85. The largest absolute Gasteiger partial charge is 0.457 e. The smallest absolute Gasteiger partial charge is 0.143 e. The molecule has 5 N–H and O–H groups in total. The molecule has 0 aliphatic carbocycles. The summed E-state index contributed by atoms with van der Waals surface area (Å²) in [6, 6.07) is 24.7. The van der Waals surface area contributed by atoms with E-state index < -0.39 is 0 Å². The molecule has 6 nitrogen and oxygen atoms in total. The molecule has 1 aromatic heterocycles. The van der Waals surface area contributed by atoms with Gasteiger partial charge >= 0.3 is 0 Å². The second-order valence-corrected chi connectivity index (χ2v) is 6.17. The number of benzene rings is 3. The van der Waals surface area contributed by atoms with Crippen LogP contribution in [0.2, 0.25) is 0 Å². The van der Waals surface area contributed by atoms with Crippen molar-refractivity contribution in [2.75, 3.05) is 16.8 Å². The van der Waals surface area contributed by atoms with E-state index in [1.54, 1.807) is 0 Å². The minimum atomic E-state index is 0.387. The molecule has 4 aromatic rings. The van der Waals surface area contributed by atoms with Gasteiger partial charge in [0.15, 0.2) is 0 Å². The summed E-state index contributed by atoms with van der Waals surface area (Å²) in [4.78, 5) is 8.49. The number of hydrogen-bond acceptors (Lipinski definition) is 6. The number of nitrogens with zero attached hydrogens (tertiary/aromatic N) is 2. The number of nitrogens with two attached hydrogens (primary N) is 2. The second kappa shape index (κ2) is 7.67. The number of ether oxygens (including phenoxy) is 1. The predicted octanol–water partition coefficient (Wildman–Crippen LogP) is 4.84. The lowest BCUT2D eigenvalue weighted by Crippen LogP contribution is -2.02. The average molecular weight is 369 g/mol. The lowest BCUT2D eigenvalue weighted by Gasteiger charge is -2.13. The van der Waals surface area contributed by atoms with Crippen molar-refractivity contribution in [1.29, 1.82) is 0 Å². The van der Waals surface area contributed by atoms with Gasteiger partial charge in [-0.3, -0.25) is 0 Å². The number of nitrogen functional groups attached to an aromatic ring is 2. The molecule has 0 bridgehead atoms. The number of hydrogen-bond donors (Lipinski definition) is 3. The first-order chi connectivity index (χ1) is 13.7. The minimum absolute atomic E-state index is 0.387. The maximum atomic E-state index is 6.15. The molecule has 0 amide bonds. The van der Waals surface area contributed by atoms with Crippen molar-refractivity contribution < 1.29 is 4.74 Å². The van der Waals surface area contributed by atoms with Crippen LogP contribution in [0.15, 0.2) is 85.2 Å². The summed E-state index contributed by atoms with van der Waals surface area (Å²) < 4.78 is 5.85. The molecule has 0 fully saturated rings. The minimum Gasteiger partial charge on any atom is -0.457 e. The Bertz CT molecular complexity index is 1080. The summed E-state index contributed by atoms with van der Waals surface area (Å²) in [7, 11) is 0. The lowest BCUT2D eigenvalue weighted by molar-refractivity contribution is 0.483. The van der Waals surface area contributed by atoms with Gasteiger partial charge in [0, 0.05) is 11.4 Å². The Morgan fingerprint density at radius 3 is 2.25 bits per heavy atom. The van der Waals surface area contributed by atoms with Crippen LogP contribution >= 0.6 is 0 Å². The molecule has 0 saturated carbocycles. The van der Waals surface area contributed by atoms with Crippen LogP contribution in [0.4, 0.5) is 23.0 Å². The van der Waals surface area contributed by atoms with Crippen LogP contribution in [-0.4, -0.2) is 9.97 Å². The number of aromatic nitrogens is 2. The van der Waals surface area contributed by atoms with Crippen LogP contribution in [0.3, 0.4) is 0 Å². The van der Waals surface area contributed by atoms with Gasteiger partial charge in [0.1, 0.15) is 29.5 Å². The molecule has 0 aliphatic rings. The molecule has 4 rings (SSSR count). The Kier molecular flexibility index (Phi) is 4.76. The third-order valence-corrected chi connectivity index (χ3v) is 4.15. The van der Waals surface area contributed by atoms with Gasteiger partial charge in [-0.1, -0.05) is 36.4 Å². The number of para-hydroxylation sites is 1. The van der Waals surface area contributed by atoms with Crippen LogP contribution in [0.1, 0.15) is 0 Å². The van der Waals surface area contributed by atoms with Crippen molar-refractivity contribution in [2.45, 2.75) is 0 Å². The van der Waals surface area contributed by atoms with Crippen molar-refractivity contribution >= 4 is 23.0 Å². The molecule has 0 saturated heterocycles. The van der Waals surface area contributed by atoms with E-state index >= 15 is 0 Å².